The van der Waals surface area contributed by atoms with E-state index in [0.29, 0.717) is 11.8 Å². The third-order valence-electron chi connectivity index (χ3n) is 3.92. The topological polar surface area (TPSA) is 20.2 Å². The minimum Gasteiger partial charge on any atom is -0.392 e. The molecule has 1 N–H and O–H groups in total. The predicted octanol–water partition coefficient (Wildman–Crippen LogP) is 3.40. The van der Waals surface area contributed by atoms with Crippen LogP contribution in [0.25, 0.3) is 10.8 Å². The maximum Gasteiger partial charge on any atom is 0.0611 e. The van der Waals surface area contributed by atoms with E-state index in [1.807, 2.05) is 0 Å². The molecule has 2 aromatic carbocycles. The monoisotopic (exact) mass is 226 g/mol. The summed E-state index contributed by atoms with van der Waals surface area (Å²) in [6.45, 7) is 2.22. The molecule has 0 bridgehead atoms. The Hall–Kier alpha value is -1.34. The van der Waals surface area contributed by atoms with Crippen molar-refractivity contribution in [2.75, 3.05) is 0 Å². The first kappa shape index (κ1) is 10.8. The van der Waals surface area contributed by atoms with E-state index < -0.39 is 0 Å². The van der Waals surface area contributed by atoms with Crippen molar-refractivity contribution < 1.29 is 5.11 Å². The van der Waals surface area contributed by atoms with E-state index >= 15 is 0 Å². The molecule has 1 aliphatic carbocycles. The molecule has 3 rings (SSSR count). The molecule has 0 saturated heterocycles. The summed E-state index contributed by atoms with van der Waals surface area (Å²) in [6, 6.07) is 14.9. The lowest BCUT2D eigenvalue weighted by molar-refractivity contribution is 0.146. The van der Waals surface area contributed by atoms with Crippen LogP contribution in [0.4, 0.5) is 0 Å². The van der Waals surface area contributed by atoms with Crippen molar-refractivity contribution in [3.63, 3.8) is 0 Å². The lowest BCUT2D eigenvalue weighted by Gasteiger charge is -2.10. The van der Waals surface area contributed by atoms with Gasteiger partial charge < -0.3 is 5.11 Å². The van der Waals surface area contributed by atoms with Gasteiger partial charge in [0.1, 0.15) is 0 Å². The van der Waals surface area contributed by atoms with Crippen molar-refractivity contribution in [1.29, 1.82) is 0 Å². The highest BCUT2D eigenvalue weighted by atomic mass is 16.3. The number of benzene rings is 2. The second kappa shape index (κ2) is 4.15. The summed E-state index contributed by atoms with van der Waals surface area (Å²) in [4.78, 5) is 0. The predicted molar refractivity (Wildman–Crippen MR) is 70.9 cm³/mol. The van der Waals surface area contributed by atoms with Crippen molar-refractivity contribution >= 4 is 10.8 Å². The molecule has 3 atom stereocenters. The minimum absolute atomic E-state index is 0.161. The Labute approximate surface area is 102 Å². The number of aliphatic hydroxyl groups excluding tert-OH is 1. The number of aliphatic hydroxyl groups is 1. The summed E-state index contributed by atoms with van der Waals surface area (Å²) in [7, 11) is 0. The van der Waals surface area contributed by atoms with E-state index in [0.717, 1.165) is 6.42 Å². The van der Waals surface area contributed by atoms with E-state index in [4.69, 9.17) is 0 Å². The highest BCUT2D eigenvalue weighted by Crippen LogP contribution is 2.41. The average Bonchev–Trinajstić information content (AvgIpc) is 3.06. The fraction of sp³-hybridized carbons (Fsp3) is 0.375. The molecule has 2 aromatic rings. The summed E-state index contributed by atoms with van der Waals surface area (Å²) in [5, 5.41) is 12.6. The molecule has 3 unspecified atom stereocenters. The Morgan fingerprint density at radius 1 is 1.18 bits per heavy atom. The minimum atomic E-state index is -0.161. The van der Waals surface area contributed by atoms with Gasteiger partial charge in [0, 0.05) is 0 Å². The number of fused-ring (bicyclic) bond motifs is 1. The maximum atomic E-state index is 10.1. The first-order valence-electron chi connectivity index (χ1n) is 6.40. The fourth-order valence-corrected chi connectivity index (χ4v) is 2.65. The van der Waals surface area contributed by atoms with Crippen LogP contribution < -0.4 is 0 Å². The molecule has 1 nitrogen and oxygen atoms in total. The second-order valence-electron chi connectivity index (χ2n) is 5.33. The first-order valence-corrected chi connectivity index (χ1v) is 6.40. The standard InChI is InChI=1S/C16H18O/c1-11-8-15(11)16(17)10-12-6-7-13-4-2-3-5-14(13)9-12/h2-7,9,11,15-17H,8,10H2,1H3. The lowest BCUT2D eigenvalue weighted by Crippen LogP contribution is -2.13. The Bertz CT molecular complexity index is 532. The molecule has 0 heterocycles. The van der Waals surface area contributed by atoms with Gasteiger partial charge in [0.25, 0.3) is 0 Å². The highest BCUT2D eigenvalue weighted by molar-refractivity contribution is 5.82. The Balaban J connectivity index is 1.81. The Morgan fingerprint density at radius 2 is 1.88 bits per heavy atom. The van der Waals surface area contributed by atoms with Crippen LogP contribution in [-0.4, -0.2) is 11.2 Å². The molecule has 0 aliphatic heterocycles. The average molecular weight is 226 g/mol. The normalized spacial score (nSPS) is 24.8. The third kappa shape index (κ3) is 2.20. The largest absolute Gasteiger partial charge is 0.392 e. The summed E-state index contributed by atoms with van der Waals surface area (Å²) in [6.07, 6.45) is 1.82. The van der Waals surface area contributed by atoms with Crippen molar-refractivity contribution in [1.82, 2.24) is 0 Å². The van der Waals surface area contributed by atoms with Crippen LogP contribution in [0.2, 0.25) is 0 Å². The quantitative estimate of drug-likeness (QED) is 0.850. The van der Waals surface area contributed by atoms with E-state index in [2.05, 4.69) is 49.4 Å². The highest BCUT2D eigenvalue weighted by Gasteiger charge is 2.38. The fourth-order valence-electron chi connectivity index (χ4n) is 2.65. The van der Waals surface area contributed by atoms with Gasteiger partial charge in [0.05, 0.1) is 6.10 Å². The zero-order chi connectivity index (χ0) is 11.8. The molecule has 0 amide bonds. The van der Waals surface area contributed by atoms with Crippen LogP contribution in [0.1, 0.15) is 18.9 Å². The van der Waals surface area contributed by atoms with Gasteiger partial charge in [-0.25, -0.2) is 0 Å². The van der Waals surface area contributed by atoms with E-state index in [9.17, 15) is 5.11 Å². The molecule has 0 radical (unpaired) electrons. The smallest absolute Gasteiger partial charge is 0.0611 e. The zero-order valence-electron chi connectivity index (χ0n) is 10.1. The SMILES string of the molecule is CC1CC1C(O)Cc1ccc2ccccc2c1. The Kier molecular flexibility index (Phi) is 2.64. The van der Waals surface area contributed by atoms with Crippen LogP contribution in [-0.2, 0) is 6.42 Å². The summed E-state index contributed by atoms with van der Waals surface area (Å²) >= 11 is 0. The first-order chi connectivity index (χ1) is 8.24. The maximum absolute atomic E-state index is 10.1. The molecule has 1 heteroatoms. The van der Waals surface area contributed by atoms with Crippen molar-refractivity contribution in [3.8, 4) is 0 Å². The van der Waals surface area contributed by atoms with E-state index in [-0.39, 0.29) is 6.10 Å². The number of hydrogen-bond acceptors (Lipinski definition) is 1. The van der Waals surface area contributed by atoms with Crippen LogP contribution in [0.3, 0.4) is 0 Å². The van der Waals surface area contributed by atoms with Crippen molar-refractivity contribution in [2.24, 2.45) is 11.8 Å². The lowest BCUT2D eigenvalue weighted by atomic mass is 10.0. The molecule has 0 spiro atoms. The van der Waals surface area contributed by atoms with Gasteiger partial charge in [0.2, 0.25) is 0 Å². The molecular weight excluding hydrogens is 208 g/mol. The van der Waals surface area contributed by atoms with Gasteiger partial charge in [-0.3, -0.25) is 0 Å². The van der Waals surface area contributed by atoms with E-state index in [1.54, 1.807) is 0 Å². The van der Waals surface area contributed by atoms with Gasteiger partial charge in [-0.2, -0.15) is 0 Å². The zero-order valence-corrected chi connectivity index (χ0v) is 10.1. The molecule has 1 aliphatic rings. The third-order valence-corrected chi connectivity index (χ3v) is 3.92. The number of rotatable bonds is 3. The molecular formula is C16H18O. The van der Waals surface area contributed by atoms with E-state index in [1.165, 1.54) is 22.8 Å². The number of hydrogen-bond donors (Lipinski definition) is 1. The van der Waals surface area contributed by atoms with Crippen molar-refractivity contribution in [3.05, 3.63) is 48.0 Å². The second-order valence-corrected chi connectivity index (χ2v) is 5.33. The van der Waals surface area contributed by atoms with Gasteiger partial charge >= 0.3 is 0 Å². The van der Waals surface area contributed by atoms with Crippen LogP contribution >= 0.6 is 0 Å². The summed E-state index contributed by atoms with van der Waals surface area (Å²) in [5.41, 5.74) is 1.25. The Morgan fingerprint density at radius 3 is 2.59 bits per heavy atom. The van der Waals surface area contributed by atoms with Crippen LogP contribution in [0.5, 0.6) is 0 Å². The molecule has 17 heavy (non-hydrogen) atoms. The van der Waals surface area contributed by atoms with Gasteiger partial charge in [0.15, 0.2) is 0 Å². The van der Waals surface area contributed by atoms with Gasteiger partial charge in [-0.15, -0.1) is 0 Å². The summed E-state index contributed by atoms with van der Waals surface area (Å²) < 4.78 is 0. The van der Waals surface area contributed by atoms with Crippen LogP contribution in [0.15, 0.2) is 42.5 Å². The van der Waals surface area contributed by atoms with Crippen molar-refractivity contribution in [2.45, 2.75) is 25.9 Å². The molecule has 88 valence electrons. The van der Waals surface area contributed by atoms with Gasteiger partial charge in [-0.1, -0.05) is 49.4 Å². The molecule has 1 saturated carbocycles. The summed E-state index contributed by atoms with van der Waals surface area (Å²) in [5.74, 6) is 1.24. The van der Waals surface area contributed by atoms with Crippen LogP contribution in [0, 0.1) is 11.8 Å². The van der Waals surface area contributed by atoms with Gasteiger partial charge in [-0.05, 0) is 41.0 Å². The molecule has 0 aromatic heterocycles. The molecule has 1 fully saturated rings.